The molecule has 2 aromatic rings. The van der Waals surface area contributed by atoms with Crippen molar-refractivity contribution in [2.45, 2.75) is 6.42 Å². The van der Waals surface area contributed by atoms with Gasteiger partial charge in [0, 0.05) is 29.1 Å². The van der Waals surface area contributed by atoms with Gasteiger partial charge in [0.05, 0.1) is 12.2 Å². The van der Waals surface area contributed by atoms with Crippen LogP contribution in [0.25, 0.3) is 0 Å². The maximum Gasteiger partial charge on any atom is 0.243 e. The zero-order valence-corrected chi connectivity index (χ0v) is 14.2. The number of carbonyl (C=O) groups excluding carboxylic acids is 3. The normalized spacial score (nSPS) is 10.2. The first-order valence-electron chi connectivity index (χ1n) is 7.67. The molecule has 2 rings (SSSR count). The Balaban J connectivity index is 2.14. The maximum absolute atomic E-state index is 12.7. The fourth-order valence-corrected chi connectivity index (χ4v) is 2.32. The largest absolute Gasteiger partial charge is 0.347 e. The van der Waals surface area contributed by atoms with E-state index in [1.54, 1.807) is 36.4 Å². The molecule has 4 N–H and O–H groups in total. The predicted molar refractivity (Wildman–Crippen MR) is 96.6 cm³/mol. The van der Waals surface area contributed by atoms with Crippen LogP contribution in [0.3, 0.4) is 0 Å². The lowest BCUT2D eigenvalue weighted by molar-refractivity contribution is -0.124. The van der Waals surface area contributed by atoms with Crippen molar-refractivity contribution < 1.29 is 14.4 Å². The van der Waals surface area contributed by atoms with Crippen LogP contribution in [0, 0.1) is 0 Å². The number of halogens is 1. The number of anilines is 1. The monoisotopic (exact) mass is 359 g/mol. The average molecular weight is 360 g/mol. The van der Waals surface area contributed by atoms with Crippen LogP contribution in [0.2, 0.25) is 5.02 Å². The van der Waals surface area contributed by atoms with Crippen LogP contribution in [0.4, 0.5) is 5.69 Å². The molecule has 0 atom stereocenters. The van der Waals surface area contributed by atoms with Gasteiger partial charge in [-0.1, -0.05) is 41.9 Å². The van der Waals surface area contributed by atoms with Crippen LogP contribution >= 0.6 is 11.6 Å². The zero-order chi connectivity index (χ0) is 18.2. The quantitative estimate of drug-likeness (QED) is 0.658. The van der Waals surface area contributed by atoms with Crippen LogP contribution in [0.1, 0.15) is 22.3 Å². The third kappa shape index (κ3) is 5.41. The summed E-state index contributed by atoms with van der Waals surface area (Å²) < 4.78 is 0. The average Bonchev–Trinajstić information content (AvgIpc) is 2.62. The molecule has 7 heteroatoms. The van der Waals surface area contributed by atoms with Gasteiger partial charge in [-0.3, -0.25) is 14.4 Å². The maximum atomic E-state index is 12.7. The molecule has 0 bridgehead atoms. The van der Waals surface area contributed by atoms with Gasteiger partial charge in [0.2, 0.25) is 11.8 Å². The van der Waals surface area contributed by atoms with Crippen molar-refractivity contribution in [1.29, 1.82) is 0 Å². The van der Waals surface area contributed by atoms with Crippen molar-refractivity contribution in [3.63, 3.8) is 0 Å². The lowest BCUT2D eigenvalue weighted by Crippen LogP contribution is -2.34. The summed E-state index contributed by atoms with van der Waals surface area (Å²) in [5.74, 6) is -1.02. The Morgan fingerprint density at radius 1 is 1.00 bits per heavy atom. The molecule has 0 aliphatic rings. The number of nitrogens with two attached hydrogens (primary N) is 1. The van der Waals surface area contributed by atoms with Crippen molar-refractivity contribution in [2.75, 3.05) is 18.4 Å². The van der Waals surface area contributed by atoms with Crippen molar-refractivity contribution in [3.05, 3.63) is 64.7 Å². The summed E-state index contributed by atoms with van der Waals surface area (Å²) in [5, 5.41) is 5.46. The molecule has 25 heavy (non-hydrogen) atoms. The fraction of sp³-hybridized carbons (Fsp3) is 0.167. The van der Waals surface area contributed by atoms with E-state index in [9.17, 15) is 14.4 Å². The summed E-state index contributed by atoms with van der Waals surface area (Å²) in [6.07, 6.45) is 0.145. The number of hydrogen-bond donors (Lipinski definition) is 3. The second-order valence-corrected chi connectivity index (χ2v) is 5.69. The molecule has 0 heterocycles. The van der Waals surface area contributed by atoms with E-state index in [2.05, 4.69) is 10.6 Å². The molecule has 0 saturated carbocycles. The second kappa shape index (κ2) is 8.96. The first-order valence-corrected chi connectivity index (χ1v) is 8.05. The first kappa shape index (κ1) is 18.6. The molecule has 0 radical (unpaired) electrons. The zero-order valence-electron chi connectivity index (χ0n) is 13.4. The van der Waals surface area contributed by atoms with Crippen LogP contribution in [0.5, 0.6) is 0 Å². The van der Waals surface area contributed by atoms with Gasteiger partial charge in [0.15, 0.2) is 5.78 Å². The topological polar surface area (TPSA) is 101 Å². The molecular formula is C18H18ClN3O3. The summed E-state index contributed by atoms with van der Waals surface area (Å²) in [5.41, 5.74) is 6.36. The molecule has 2 amide bonds. The third-order valence-corrected chi connectivity index (χ3v) is 3.59. The van der Waals surface area contributed by atoms with Gasteiger partial charge in [-0.25, -0.2) is 0 Å². The van der Waals surface area contributed by atoms with Gasteiger partial charge in [-0.15, -0.1) is 0 Å². The SMILES string of the molecule is NCCC(=O)NCC(=O)Nc1ccc(Cl)cc1C(=O)c1ccccc1. The van der Waals surface area contributed by atoms with Crippen LogP contribution < -0.4 is 16.4 Å². The summed E-state index contributed by atoms with van der Waals surface area (Å²) in [6.45, 7) is 0.000783. The number of benzene rings is 2. The van der Waals surface area contributed by atoms with E-state index in [4.69, 9.17) is 17.3 Å². The number of rotatable bonds is 7. The van der Waals surface area contributed by atoms with Crippen molar-refractivity contribution in [2.24, 2.45) is 5.73 Å². The van der Waals surface area contributed by atoms with E-state index in [1.165, 1.54) is 6.07 Å². The molecule has 6 nitrogen and oxygen atoms in total. The second-order valence-electron chi connectivity index (χ2n) is 5.25. The van der Waals surface area contributed by atoms with E-state index in [-0.39, 0.29) is 36.8 Å². The standard InChI is InChI=1S/C18H18ClN3O3/c19-13-6-7-15(22-17(24)11-21-16(23)8-9-20)14(10-13)18(25)12-4-2-1-3-5-12/h1-7,10H,8-9,11,20H2,(H,21,23)(H,22,24). The minimum atomic E-state index is -0.449. The molecule has 130 valence electrons. The summed E-state index contributed by atoms with van der Waals surface area (Å²) >= 11 is 5.99. The summed E-state index contributed by atoms with van der Waals surface area (Å²) in [4.78, 5) is 36.0. The molecule has 0 aromatic heterocycles. The predicted octanol–water partition coefficient (Wildman–Crippen LogP) is 1.97. The highest BCUT2D eigenvalue weighted by molar-refractivity contribution is 6.31. The Morgan fingerprint density at radius 2 is 1.72 bits per heavy atom. The van der Waals surface area contributed by atoms with Gasteiger partial charge >= 0.3 is 0 Å². The summed E-state index contributed by atoms with van der Waals surface area (Å²) in [6, 6.07) is 13.3. The Labute approximate surface area is 150 Å². The van der Waals surface area contributed by atoms with Crippen LogP contribution in [0.15, 0.2) is 48.5 Å². The van der Waals surface area contributed by atoms with E-state index in [0.29, 0.717) is 16.3 Å². The highest BCUT2D eigenvalue weighted by atomic mass is 35.5. The molecule has 0 spiro atoms. The fourth-order valence-electron chi connectivity index (χ4n) is 2.15. The minimum Gasteiger partial charge on any atom is -0.347 e. The molecule has 0 unspecified atom stereocenters. The molecule has 2 aromatic carbocycles. The van der Waals surface area contributed by atoms with Crippen LogP contribution in [-0.4, -0.2) is 30.7 Å². The third-order valence-electron chi connectivity index (χ3n) is 3.35. The van der Waals surface area contributed by atoms with Crippen molar-refractivity contribution in [3.8, 4) is 0 Å². The molecule has 0 aliphatic heterocycles. The van der Waals surface area contributed by atoms with Crippen LogP contribution in [-0.2, 0) is 9.59 Å². The minimum absolute atomic E-state index is 0.145. The number of ketones is 1. The Hall–Kier alpha value is -2.70. The number of amides is 2. The van der Waals surface area contributed by atoms with E-state index >= 15 is 0 Å². The van der Waals surface area contributed by atoms with E-state index < -0.39 is 5.91 Å². The number of hydrogen-bond acceptors (Lipinski definition) is 4. The molecule has 0 saturated heterocycles. The highest BCUT2D eigenvalue weighted by Gasteiger charge is 2.16. The van der Waals surface area contributed by atoms with Gasteiger partial charge in [0.25, 0.3) is 0 Å². The lowest BCUT2D eigenvalue weighted by atomic mass is 10.0. The Morgan fingerprint density at radius 3 is 2.40 bits per heavy atom. The first-order chi connectivity index (χ1) is 12.0. The molecule has 0 fully saturated rings. The number of carbonyl (C=O) groups is 3. The van der Waals surface area contributed by atoms with Gasteiger partial charge in [-0.2, -0.15) is 0 Å². The Kier molecular flexibility index (Phi) is 6.68. The lowest BCUT2D eigenvalue weighted by Gasteiger charge is -2.12. The van der Waals surface area contributed by atoms with Gasteiger partial charge in [0.1, 0.15) is 0 Å². The van der Waals surface area contributed by atoms with Crippen molar-refractivity contribution >= 4 is 34.9 Å². The number of nitrogens with one attached hydrogen (secondary N) is 2. The van der Waals surface area contributed by atoms with Crippen molar-refractivity contribution in [1.82, 2.24) is 5.32 Å². The Bertz CT molecular complexity index is 778. The molecular weight excluding hydrogens is 342 g/mol. The summed E-state index contributed by atoms with van der Waals surface area (Å²) in [7, 11) is 0. The molecule has 0 aliphatic carbocycles. The highest BCUT2D eigenvalue weighted by Crippen LogP contribution is 2.23. The van der Waals surface area contributed by atoms with E-state index in [1.807, 2.05) is 6.07 Å². The van der Waals surface area contributed by atoms with Gasteiger partial charge < -0.3 is 16.4 Å². The van der Waals surface area contributed by atoms with Gasteiger partial charge in [-0.05, 0) is 18.2 Å². The van der Waals surface area contributed by atoms with E-state index in [0.717, 1.165) is 0 Å². The smallest absolute Gasteiger partial charge is 0.243 e.